The Kier molecular flexibility index (Phi) is 6.17. The van der Waals surface area contributed by atoms with Crippen LogP contribution in [-0.2, 0) is 11.3 Å². The number of likely N-dealkylation sites (tertiary alicyclic amines) is 1. The SMILES string of the molecule is CC(C)C(NC(=O)N1CC2CC(C1)c1cccc(=O)n1C2)C(=O)Nc1ccc([N+](=O)[O-])cc1. The van der Waals surface area contributed by atoms with E-state index in [-0.39, 0.29) is 40.9 Å². The third-order valence-electron chi connectivity index (χ3n) is 6.34. The van der Waals surface area contributed by atoms with Crippen molar-refractivity contribution in [2.75, 3.05) is 18.4 Å². The topological polar surface area (TPSA) is 127 Å². The molecule has 174 valence electrons. The van der Waals surface area contributed by atoms with Crippen LogP contribution in [0.2, 0.25) is 0 Å². The quantitative estimate of drug-likeness (QED) is 0.531. The molecule has 2 aliphatic heterocycles. The van der Waals surface area contributed by atoms with Crippen molar-refractivity contribution in [3.05, 3.63) is 68.6 Å². The molecule has 1 fully saturated rings. The molecule has 1 aromatic carbocycles. The number of nitro benzene ring substituents is 1. The lowest BCUT2D eigenvalue weighted by Crippen LogP contribution is -2.56. The first-order valence-electron chi connectivity index (χ1n) is 11.0. The number of non-ortho nitro benzene ring substituents is 1. The largest absolute Gasteiger partial charge is 0.326 e. The zero-order chi connectivity index (χ0) is 23.7. The Morgan fingerprint density at radius 2 is 1.82 bits per heavy atom. The van der Waals surface area contributed by atoms with Crippen molar-refractivity contribution in [1.82, 2.24) is 14.8 Å². The van der Waals surface area contributed by atoms with Gasteiger partial charge in [-0.1, -0.05) is 19.9 Å². The van der Waals surface area contributed by atoms with Crippen LogP contribution in [0, 0.1) is 22.0 Å². The molecule has 2 N–H and O–H groups in total. The van der Waals surface area contributed by atoms with E-state index in [2.05, 4.69) is 10.6 Å². The predicted octanol–water partition coefficient (Wildman–Crippen LogP) is 2.55. The number of nitro groups is 1. The number of amides is 3. The highest BCUT2D eigenvalue weighted by Crippen LogP contribution is 2.35. The van der Waals surface area contributed by atoms with Gasteiger partial charge in [-0.3, -0.25) is 19.7 Å². The number of piperidine rings is 1. The summed E-state index contributed by atoms with van der Waals surface area (Å²) in [4.78, 5) is 50.2. The first-order chi connectivity index (χ1) is 15.7. The van der Waals surface area contributed by atoms with Crippen LogP contribution in [0.1, 0.15) is 31.9 Å². The molecule has 10 nitrogen and oxygen atoms in total. The van der Waals surface area contributed by atoms with E-state index in [4.69, 9.17) is 0 Å². The number of nitrogens with one attached hydrogen (secondary N) is 2. The van der Waals surface area contributed by atoms with Crippen LogP contribution in [-0.4, -0.2) is 45.5 Å². The number of nitrogens with zero attached hydrogens (tertiary/aromatic N) is 3. The number of benzene rings is 1. The summed E-state index contributed by atoms with van der Waals surface area (Å²) in [5.41, 5.74) is 1.29. The van der Waals surface area contributed by atoms with Crippen LogP contribution in [0.15, 0.2) is 47.3 Å². The van der Waals surface area contributed by atoms with Gasteiger partial charge in [0.1, 0.15) is 6.04 Å². The molecular weight excluding hydrogens is 426 g/mol. The van der Waals surface area contributed by atoms with Gasteiger partial charge in [0.25, 0.3) is 11.2 Å². The minimum Gasteiger partial charge on any atom is -0.326 e. The summed E-state index contributed by atoms with van der Waals surface area (Å²) in [5.74, 6) is -0.283. The number of fused-ring (bicyclic) bond motifs is 4. The molecule has 3 atom stereocenters. The lowest BCUT2D eigenvalue weighted by atomic mass is 9.83. The highest BCUT2D eigenvalue weighted by molar-refractivity contribution is 5.97. The Morgan fingerprint density at radius 1 is 1.09 bits per heavy atom. The molecule has 0 saturated carbocycles. The zero-order valence-corrected chi connectivity index (χ0v) is 18.6. The van der Waals surface area contributed by atoms with E-state index in [1.54, 1.807) is 17.0 Å². The van der Waals surface area contributed by atoms with Gasteiger partial charge in [0.2, 0.25) is 5.91 Å². The number of pyridine rings is 1. The van der Waals surface area contributed by atoms with Gasteiger partial charge >= 0.3 is 6.03 Å². The minimum absolute atomic E-state index is 0.0112. The van der Waals surface area contributed by atoms with Crippen LogP contribution >= 0.6 is 0 Å². The van der Waals surface area contributed by atoms with Gasteiger partial charge in [-0.2, -0.15) is 0 Å². The number of hydrogen-bond acceptors (Lipinski definition) is 5. The van der Waals surface area contributed by atoms with Crippen molar-refractivity contribution in [3.8, 4) is 0 Å². The van der Waals surface area contributed by atoms with Gasteiger partial charge in [0.05, 0.1) is 4.92 Å². The summed E-state index contributed by atoms with van der Waals surface area (Å²) in [6.07, 6.45) is 0.932. The summed E-state index contributed by atoms with van der Waals surface area (Å²) in [6.45, 7) is 5.28. The van der Waals surface area contributed by atoms with E-state index in [0.717, 1.165) is 12.1 Å². The second-order valence-corrected chi connectivity index (χ2v) is 9.07. The lowest BCUT2D eigenvalue weighted by molar-refractivity contribution is -0.384. The van der Waals surface area contributed by atoms with Crippen molar-refractivity contribution in [2.45, 2.75) is 38.8 Å². The van der Waals surface area contributed by atoms with Gasteiger partial charge in [-0.15, -0.1) is 0 Å². The van der Waals surface area contributed by atoms with Crippen LogP contribution < -0.4 is 16.2 Å². The molecule has 0 spiro atoms. The van der Waals surface area contributed by atoms with E-state index in [0.29, 0.717) is 25.3 Å². The highest BCUT2D eigenvalue weighted by atomic mass is 16.6. The third-order valence-corrected chi connectivity index (χ3v) is 6.34. The van der Waals surface area contributed by atoms with E-state index in [1.165, 1.54) is 24.3 Å². The normalized spacial score (nSPS) is 20.0. The number of rotatable bonds is 5. The number of urea groups is 1. The summed E-state index contributed by atoms with van der Waals surface area (Å²) in [6, 6.07) is 9.72. The molecule has 2 bridgehead atoms. The maximum atomic E-state index is 13.1. The molecular formula is C23H27N5O5. The number of anilines is 1. The maximum Gasteiger partial charge on any atom is 0.318 e. The van der Waals surface area contributed by atoms with Crippen LogP contribution in [0.4, 0.5) is 16.2 Å². The summed E-state index contributed by atoms with van der Waals surface area (Å²) < 4.78 is 1.81. The summed E-state index contributed by atoms with van der Waals surface area (Å²) in [7, 11) is 0. The van der Waals surface area contributed by atoms with E-state index >= 15 is 0 Å². The molecule has 2 aromatic rings. The van der Waals surface area contributed by atoms with Crippen molar-refractivity contribution in [1.29, 1.82) is 0 Å². The molecule has 0 aliphatic carbocycles. The predicted molar refractivity (Wildman–Crippen MR) is 122 cm³/mol. The van der Waals surface area contributed by atoms with Crippen molar-refractivity contribution in [3.63, 3.8) is 0 Å². The van der Waals surface area contributed by atoms with Gasteiger partial charge in [-0.25, -0.2) is 4.79 Å². The average Bonchev–Trinajstić information content (AvgIpc) is 2.78. The van der Waals surface area contributed by atoms with Crippen LogP contribution in [0.25, 0.3) is 0 Å². The fraction of sp³-hybridized carbons (Fsp3) is 0.435. The molecule has 1 saturated heterocycles. The number of aromatic nitrogens is 1. The zero-order valence-electron chi connectivity index (χ0n) is 18.6. The standard InChI is InChI=1S/C23H27N5O5/c1-14(2)21(22(30)24-17-6-8-18(9-7-17)28(32)33)25-23(31)26-11-15-10-16(13-26)19-4-3-5-20(29)27(19)12-15/h3-9,14-16,21H,10-13H2,1-2H3,(H,24,30)(H,25,31). The Hall–Kier alpha value is -3.69. The van der Waals surface area contributed by atoms with Crippen molar-refractivity contribution in [2.24, 2.45) is 11.8 Å². The second kappa shape index (κ2) is 9.05. The highest BCUT2D eigenvalue weighted by Gasteiger charge is 2.37. The maximum absolute atomic E-state index is 13.1. The molecule has 3 unspecified atom stereocenters. The molecule has 1 aromatic heterocycles. The molecule has 2 aliphatic rings. The van der Waals surface area contributed by atoms with E-state index in [1.807, 2.05) is 24.5 Å². The molecule has 0 radical (unpaired) electrons. The molecule has 10 heteroatoms. The Labute approximate surface area is 190 Å². The van der Waals surface area contributed by atoms with Crippen molar-refractivity contribution >= 4 is 23.3 Å². The third kappa shape index (κ3) is 4.74. The molecule has 3 heterocycles. The fourth-order valence-electron chi connectivity index (χ4n) is 4.71. The second-order valence-electron chi connectivity index (χ2n) is 9.07. The number of carbonyl (C=O) groups is 2. The molecule has 33 heavy (non-hydrogen) atoms. The van der Waals surface area contributed by atoms with E-state index < -0.39 is 11.0 Å². The first kappa shape index (κ1) is 22.5. The Morgan fingerprint density at radius 3 is 2.48 bits per heavy atom. The van der Waals surface area contributed by atoms with Gasteiger partial charge in [0.15, 0.2) is 0 Å². The number of carbonyl (C=O) groups excluding carboxylic acids is 2. The summed E-state index contributed by atoms with van der Waals surface area (Å²) >= 11 is 0. The van der Waals surface area contributed by atoms with Gasteiger partial charge in [0, 0.05) is 55.1 Å². The van der Waals surface area contributed by atoms with Crippen LogP contribution in [0.5, 0.6) is 0 Å². The van der Waals surface area contributed by atoms with Crippen LogP contribution in [0.3, 0.4) is 0 Å². The Balaban J connectivity index is 1.43. The Bertz CT molecular complexity index is 1130. The van der Waals surface area contributed by atoms with Gasteiger partial charge in [-0.05, 0) is 36.5 Å². The fourth-order valence-corrected chi connectivity index (χ4v) is 4.71. The molecule has 4 rings (SSSR count). The van der Waals surface area contributed by atoms with Crippen molar-refractivity contribution < 1.29 is 14.5 Å². The minimum atomic E-state index is -0.774. The monoisotopic (exact) mass is 453 g/mol. The lowest BCUT2D eigenvalue weighted by Gasteiger charge is -2.43. The van der Waals surface area contributed by atoms with Gasteiger partial charge < -0.3 is 20.1 Å². The summed E-state index contributed by atoms with van der Waals surface area (Å²) in [5, 5.41) is 16.4. The smallest absolute Gasteiger partial charge is 0.318 e. The van der Waals surface area contributed by atoms with E-state index in [9.17, 15) is 24.5 Å². The number of hydrogen-bond donors (Lipinski definition) is 2. The first-order valence-corrected chi connectivity index (χ1v) is 11.0. The molecule has 3 amide bonds. The average molecular weight is 453 g/mol.